The maximum Gasteiger partial charge on any atom is 0.410 e. The molecule has 45 heavy (non-hydrogen) atoms. The quantitative estimate of drug-likeness (QED) is 0.358. The van der Waals surface area contributed by atoms with E-state index in [2.05, 4.69) is 5.32 Å². The van der Waals surface area contributed by atoms with Gasteiger partial charge in [-0.3, -0.25) is 4.79 Å². The standard InChI is InChI=1S/C35H44FN3O6/c1-8-43-30-22-26(10-12-28(30)24-15-19-39(20-16-24)33(42)45-35(5,6)7)37-31(40)25-9-11-27(29(36)21-25)23-13-17-38(18-14-23)32(41)44-34(2,3)4/h9-13,15,21-22H,8,14,16-20H2,1-7H3,(H,37,40). The number of amides is 3. The molecule has 0 bridgehead atoms. The average Bonchev–Trinajstić information content (AvgIpc) is 2.96. The molecule has 0 unspecified atom stereocenters. The fourth-order valence-electron chi connectivity index (χ4n) is 5.07. The maximum atomic E-state index is 15.2. The van der Waals surface area contributed by atoms with E-state index in [1.54, 1.807) is 34.1 Å². The number of ether oxygens (including phenoxy) is 3. The van der Waals surface area contributed by atoms with Gasteiger partial charge in [-0.15, -0.1) is 0 Å². The Labute approximate surface area is 265 Å². The Bertz CT molecular complexity index is 1500. The normalized spacial score (nSPS) is 15.6. The van der Waals surface area contributed by atoms with Crippen LogP contribution < -0.4 is 10.1 Å². The van der Waals surface area contributed by atoms with Gasteiger partial charge in [-0.1, -0.05) is 18.2 Å². The number of carbonyl (C=O) groups excluding carboxylic acids is 3. The fraction of sp³-hybridized carbons (Fsp3) is 0.457. The summed E-state index contributed by atoms with van der Waals surface area (Å²) in [5.74, 6) is -0.345. The molecule has 0 radical (unpaired) electrons. The van der Waals surface area contributed by atoms with E-state index in [0.29, 0.717) is 62.6 Å². The highest BCUT2D eigenvalue weighted by Gasteiger charge is 2.26. The molecule has 9 nitrogen and oxygen atoms in total. The first-order chi connectivity index (χ1) is 21.1. The first kappa shape index (κ1) is 33.6. The van der Waals surface area contributed by atoms with Crippen molar-refractivity contribution < 1.29 is 33.0 Å². The van der Waals surface area contributed by atoms with Crippen LogP contribution in [0.25, 0.3) is 11.1 Å². The van der Waals surface area contributed by atoms with Gasteiger partial charge in [0.1, 0.15) is 22.8 Å². The van der Waals surface area contributed by atoms with Crippen LogP contribution in [0.4, 0.5) is 19.7 Å². The highest BCUT2D eigenvalue weighted by molar-refractivity contribution is 6.04. The molecule has 10 heteroatoms. The van der Waals surface area contributed by atoms with Crippen molar-refractivity contribution in [2.75, 3.05) is 38.1 Å². The second-order valence-electron chi connectivity index (χ2n) is 13.1. The Morgan fingerprint density at radius 3 is 1.80 bits per heavy atom. The molecule has 0 spiro atoms. The number of halogens is 1. The summed E-state index contributed by atoms with van der Waals surface area (Å²) in [5, 5.41) is 2.85. The van der Waals surface area contributed by atoms with Crippen molar-refractivity contribution in [1.29, 1.82) is 0 Å². The lowest BCUT2D eigenvalue weighted by Gasteiger charge is -2.30. The summed E-state index contributed by atoms with van der Waals surface area (Å²) in [4.78, 5) is 41.1. The van der Waals surface area contributed by atoms with Crippen molar-refractivity contribution in [3.63, 3.8) is 0 Å². The largest absolute Gasteiger partial charge is 0.493 e. The molecule has 0 atom stereocenters. The van der Waals surface area contributed by atoms with E-state index >= 15 is 4.39 Å². The number of hydrogen-bond acceptors (Lipinski definition) is 6. The van der Waals surface area contributed by atoms with Gasteiger partial charge in [-0.2, -0.15) is 0 Å². The van der Waals surface area contributed by atoms with Crippen LogP contribution in [0.15, 0.2) is 48.6 Å². The number of benzene rings is 2. The molecule has 2 aliphatic heterocycles. The van der Waals surface area contributed by atoms with Crippen LogP contribution in [0.3, 0.4) is 0 Å². The topological polar surface area (TPSA) is 97.4 Å². The predicted octanol–water partition coefficient (Wildman–Crippen LogP) is 7.53. The third-order valence-corrected chi connectivity index (χ3v) is 7.18. The van der Waals surface area contributed by atoms with Gasteiger partial charge in [-0.25, -0.2) is 14.0 Å². The molecule has 242 valence electrons. The Morgan fingerprint density at radius 2 is 1.33 bits per heavy atom. The van der Waals surface area contributed by atoms with Crippen LogP contribution >= 0.6 is 0 Å². The molecular weight excluding hydrogens is 577 g/mol. The van der Waals surface area contributed by atoms with E-state index in [0.717, 1.165) is 16.7 Å². The summed E-state index contributed by atoms with van der Waals surface area (Å²) in [7, 11) is 0. The second kappa shape index (κ2) is 13.7. The Hall–Kier alpha value is -4.34. The molecular formula is C35H44FN3O6. The highest BCUT2D eigenvalue weighted by Crippen LogP contribution is 2.34. The first-order valence-electron chi connectivity index (χ1n) is 15.4. The third kappa shape index (κ3) is 9.09. The molecule has 3 amide bonds. The summed E-state index contributed by atoms with van der Waals surface area (Å²) in [5.41, 5.74) is 2.67. The summed E-state index contributed by atoms with van der Waals surface area (Å²) in [6, 6.07) is 9.85. The van der Waals surface area contributed by atoms with Gasteiger partial charge in [0.2, 0.25) is 0 Å². The lowest BCUT2D eigenvalue weighted by atomic mass is 9.97. The van der Waals surface area contributed by atoms with Crippen LogP contribution in [0.1, 0.15) is 82.8 Å². The lowest BCUT2D eigenvalue weighted by Crippen LogP contribution is -2.39. The van der Waals surface area contributed by atoms with Crippen LogP contribution in [-0.2, 0) is 9.47 Å². The summed E-state index contributed by atoms with van der Waals surface area (Å²) >= 11 is 0. The SMILES string of the molecule is CCOc1cc(NC(=O)c2ccc(C3=CCN(C(=O)OC(C)(C)C)CC3)c(F)c2)ccc1C1=CCN(C(=O)OC(C)(C)C)CC1. The minimum Gasteiger partial charge on any atom is -0.493 e. The monoisotopic (exact) mass is 621 g/mol. The molecule has 0 aliphatic carbocycles. The predicted molar refractivity (Wildman–Crippen MR) is 173 cm³/mol. The number of carbonyl (C=O) groups is 3. The van der Waals surface area contributed by atoms with E-state index in [1.165, 1.54) is 6.07 Å². The van der Waals surface area contributed by atoms with Crippen LogP contribution in [0.2, 0.25) is 0 Å². The van der Waals surface area contributed by atoms with Gasteiger partial charge in [-0.05, 0) is 96.7 Å². The molecule has 2 heterocycles. The average molecular weight is 622 g/mol. The minimum atomic E-state index is -0.587. The van der Waals surface area contributed by atoms with Crippen LogP contribution in [-0.4, -0.2) is 71.9 Å². The Morgan fingerprint density at radius 1 is 0.800 bits per heavy atom. The zero-order chi connectivity index (χ0) is 32.9. The van der Waals surface area contributed by atoms with E-state index < -0.39 is 29.0 Å². The van der Waals surface area contributed by atoms with Gasteiger partial charge in [0, 0.05) is 54.6 Å². The van der Waals surface area contributed by atoms with E-state index in [9.17, 15) is 14.4 Å². The van der Waals surface area contributed by atoms with Crippen molar-refractivity contribution in [2.24, 2.45) is 0 Å². The summed E-state index contributed by atoms with van der Waals surface area (Å²) in [6.45, 7) is 15.0. The molecule has 2 aromatic rings. The number of nitrogens with zero attached hydrogens (tertiary/aromatic N) is 2. The molecule has 4 rings (SSSR count). The van der Waals surface area contributed by atoms with E-state index in [-0.39, 0.29) is 11.7 Å². The minimum absolute atomic E-state index is 0.183. The maximum absolute atomic E-state index is 15.2. The Balaban J connectivity index is 1.42. The number of rotatable bonds is 6. The molecule has 2 aromatic carbocycles. The van der Waals surface area contributed by atoms with Crippen molar-refractivity contribution in [3.8, 4) is 5.75 Å². The Kier molecular flexibility index (Phi) is 10.3. The van der Waals surface area contributed by atoms with Crippen LogP contribution in [0, 0.1) is 5.82 Å². The molecule has 2 aliphatic rings. The molecule has 0 aromatic heterocycles. The number of anilines is 1. The third-order valence-electron chi connectivity index (χ3n) is 7.18. The van der Waals surface area contributed by atoms with Gasteiger partial charge in [0.05, 0.1) is 6.61 Å². The zero-order valence-electron chi connectivity index (χ0n) is 27.3. The number of nitrogens with one attached hydrogen (secondary N) is 1. The summed E-state index contributed by atoms with van der Waals surface area (Å²) in [6.07, 6.45) is 4.18. The first-order valence-corrected chi connectivity index (χ1v) is 15.4. The van der Waals surface area contributed by atoms with Crippen LogP contribution in [0.5, 0.6) is 5.75 Å². The van der Waals surface area contributed by atoms with Crippen molar-refractivity contribution >= 4 is 34.9 Å². The van der Waals surface area contributed by atoms with Gasteiger partial charge in [0.15, 0.2) is 0 Å². The highest BCUT2D eigenvalue weighted by atomic mass is 19.1. The number of hydrogen-bond donors (Lipinski definition) is 1. The van der Waals surface area contributed by atoms with Gasteiger partial charge in [0.25, 0.3) is 5.91 Å². The van der Waals surface area contributed by atoms with E-state index in [1.807, 2.05) is 66.7 Å². The molecule has 1 N–H and O–H groups in total. The van der Waals surface area contributed by atoms with Crippen molar-refractivity contribution in [3.05, 3.63) is 71.1 Å². The lowest BCUT2D eigenvalue weighted by molar-refractivity contribution is 0.0260. The van der Waals surface area contributed by atoms with Crippen molar-refractivity contribution in [1.82, 2.24) is 9.80 Å². The van der Waals surface area contributed by atoms with E-state index in [4.69, 9.17) is 14.2 Å². The van der Waals surface area contributed by atoms with Gasteiger partial charge < -0.3 is 29.3 Å². The summed E-state index contributed by atoms with van der Waals surface area (Å²) < 4.78 is 32.0. The zero-order valence-corrected chi connectivity index (χ0v) is 27.3. The molecule has 0 fully saturated rings. The van der Waals surface area contributed by atoms with Gasteiger partial charge >= 0.3 is 12.2 Å². The van der Waals surface area contributed by atoms with Crippen molar-refractivity contribution in [2.45, 2.75) is 72.5 Å². The molecule has 0 saturated heterocycles. The second-order valence-corrected chi connectivity index (χ2v) is 13.1. The molecule has 0 saturated carbocycles. The smallest absolute Gasteiger partial charge is 0.410 e. The fourth-order valence-corrected chi connectivity index (χ4v) is 5.07.